The number of alkyl halides is 3. The van der Waals surface area contributed by atoms with Gasteiger partial charge in [0.25, 0.3) is 0 Å². The molecule has 0 radical (unpaired) electrons. The van der Waals surface area contributed by atoms with Gasteiger partial charge in [0.05, 0.1) is 7.11 Å². The first-order valence-corrected chi connectivity index (χ1v) is 10.1. The van der Waals surface area contributed by atoms with Crippen LogP contribution < -0.4 is 15.3 Å². The largest absolute Gasteiger partial charge is 0.580 e. The molecule has 0 amide bonds. The molecule has 33 heavy (non-hydrogen) atoms. The van der Waals surface area contributed by atoms with Gasteiger partial charge in [-0.2, -0.15) is 0 Å². The van der Waals surface area contributed by atoms with Gasteiger partial charge in [0.15, 0.2) is 0 Å². The van der Waals surface area contributed by atoms with Crippen molar-refractivity contribution in [2.45, 2.75) is 51.4 Å². The molecule has 0 saturated heterocycles. The Bertz CT molecular complexity index is 1030. The number of aromatic nitrogens is 5. The van der Waals surface area contributed by atoms with E-state index in [0.29, 0.717) is 17.0 Å². The molecule has 2 N–H and O–H groups in total. The van der Waals surface area contributed by atoms with Gasteiger partial charge in [-0.25, -0.2) is 0 Å². The molecular weight excluding hydrogens is 457 g/mol. The van der Waals surface area contributed by atoms with Crippen LogP contribution in [0.4, 0.5) is 13.2 Å². The van der Waals surface area contributed by atoms with Crippen molar-refractivity contribution in [1.82, 2.24) is 20.4 Å². The Balaban J connectivity index is 0.00000193. The molecular formula is C22H29ClF3N6O+. The first kappa shape index (κ1) is 26.5. The lowest BCUT2D eigenvalue weighted by Gasteiger charge is -2.37. The van der Waals surface area contributed by atoms with Crippen LogP contribution in [0.2, 0.25) is 0 Å². The Morgan fingerprint density at radius 3 is 2.55 bits per heavy atom. The number of ether oxygens (including phenoxy) is 1. The molecule has 3 atom stereocenters. The van der Waals surface area contributed by atoms with Crippen LogP contribution in [0.5, 0.6) is 5.75 Å². The Labute approximate surface area is 197 Å². The van der Waals surface area contributed by atoms with Crippen LogP contribution in [0.25, 0.3) is 5.69 Å². The molecule has 1 aliphatic carbocycles. The van der Waals surface area contributed by atoms with Crippen molar-refractivity contribution >= 4 is 12.4 Å². The minimum absolute atomic E-state index is 0. The van der Waals surface area contributed by atoms with E-state index in [1.54, 1.807) is 19.2 Å². The summed E-state index contributed by atoms with van der Waals surface area (Å²) in [6.07, 6.45) is -1.17. The van der Waals surface area contributed by atoms with Crippen molar-refractivity contribution in [3.8, 4) is 11.4 Å². The molecule has 11 heteroatoms. The highest BCUT2D eigenvalue weighted by Gasteiger charge is 2.43. The second-order valence-corrected chi connectivity index (χ2v) is 7.81. The first-order valence-electron chi connectivity index (χ1n) is 10.1. The van der Waals surface area contributed by atoms with Gasteiger partial charge in [-0.15, -0.1) is 25.6 Å². The molecule has 1 heterocycles. The minimum atomic E-state index is -4.74. The fourth-order valence-electron chi connectivity index (χ4n) is 4.57. The van der Waals surface area contributed by atoms with Gasteiger partial charge in [0.2, 0.25) is 10.4 Å². The Morgan fingerprint density at radius 1 is 1.15 bits per heavy atom. The molecule has 3 aromatic rings. The SMILES string of the molecule is C.COc1ccc(-n2nnn[n+]2C(F)(F)F)cc1CC1CCC[C@H](N)[C@@H]1c1ccccc1.Cl. The van der Waals surface area contributed by atoms with E-state index in [1.165, 1.54) is 11.6 Å². The predicted molar refractivity (Wildman–Crippen MR) is 119 cm³/mol. The first-order chi connectivity index (χ1) is 14.9. The monoisotopic (exact) mass is 485 g/mol. The molecule has 1 aliphatic rings. The highest BCUT2D eigenvalue weighted by molar-refractivity contribution is 5.85. The zero-order valence-electron chi connectivity index (χ0n) is 17.4. The van der Waals surface area contributed by atoms with E-state index >= 15 is 0 Å². The number of nitrogens with zero attached hydrogens (tertiary/aromatic N) is 5. The molecule has 1 aromatic heterocycles. The number of nitrogens with two attached hydrogens (primary N) is 1. The summed E-state index contributed by atoms with van der Waals surface area (Å²) in [6, 6.07) is 15.0. The Morgan fingerprint density at radius 2 is 1.88 bits per heavy atom. The summed E-state index contributed by atoms with van der Waals surface area (Å²) in [5.74, 6) is 1.01. The zero-order valence-corrected chi connectivity index (χ0v) is 18.3. The van der Waals surface area contributed by atoms with E-state index in [-0.39, 0.29) is 48.2 Å². The lowest BCUT2D eigenvalue weighted by atomic mass is 9.70. The van der Waals surface area contributed by atoms with E-state index in [0.717, 1.165) is 24.8 Å². The van der Waals surface area contributed by atoms with E-state index < -0.39 is 6.30 Å². The summed E-state index contributed by atoms with van der Waals surface area (Å²) < 4.78 is 45.2. The molecule has 0 bridgehead atoms. The van der Waals surface area contributed by atoms with E-state index in [1.807, 2.05) is 18.2 Å². The van der Waals surface area contributed by atoms with E-state index in [9.17, 15) is 13.2 Å². The van der Waals surface area contributed by atoms with E-state index in [2.05, 4.69) is 27.8 Å². The maximum atomic E-state index is 13.2. The Kier molecular flexibility index (Phi) is 8.79. The van der Waals surface area contributed by atoms with Crippen molar-refractivity contribution in [3.63, 3.8) is 0 Å². The van der Waals surface area contributed by atoms with Crippen LogP contribution in [0.15, 0.2) is 48.5 Å². The van der Waals surface area contributed by atoms with Gasteiger partial charge < -0.3 is 10.5 Å². The van der Waals surface area contributed by atoms with Gasteiger partial charge in [0, 0.05) is 21.6 Å². The topological polar surface area (TPSA) is 82.7 Å². The summed E-state index contributed by atoms with van der Waals surface area (Å²) >= 11 is 0. The highest BCUT2D eigenvalue weighted by Crippen LogP contribution is 2.40. The lowest BCUT2D eigenvalue weighted by Crippen LogP contribution is -2.56. The lowest BCUT2D eigenvalue weighted by molar-refractivity contribution is -0.948. The van der Waals surface area contributed by atoms with Crippen molar-refractivity contribution in [3.05, 3.63) is 59.7 Å². The number of benzene rings is 2. The standard InChI is InChI=1S/C21H24F3N6O.CH4.ClH/c1-31-19-11-10-17(29-27-26-28-30(29)21(22,23)24)13-16(19)12-15-8-5-9-18(25)20(15)14-6-3-2-4-7-14;;/h2-4,6-7,10-11,13,15,18,20H,5,8-9,12,25H2,1H3;1H4;1H/q+1;;/t15?,18-,20+;;/m0../s1. The fraction of sp³-hybridized carbons (Fsp3) is 0.455. The molecule has 4 rings (SSSR count). The van der Waals surface area contributed by atoms with Crippen LogP contribution in [0, 0.1) is 5.92 Å². The molecule has 0 aliphatic heterocycles. The summed E-state index contributed by atoms with van der Waals surface area (Å²) in [6.45, 7) is 0. The van der Waals surface area contributed by atoms with Crippen LogP contribution in [0.3, 0.4) is 0 Å². The molecule has 1 fully saturated rings. The second kappa shape index (κ2) is 10.9. The average Bonchev–Trinajstić information content (AvgIpc) is 3.25. The van der Waals surface area contributed by atoms with Crippen molar-refractivity contribution in [2.75, 3.05) is 7.11 Å². The van der Waals surface area contributed by atoms with Crippen LogP contribution in [-0.4, -0.2) is 33.6 Å². The molecule has 180 valence electrons. The summed E-state index contributed by atoms with van der Waals surface area (Å²) in [5, 5.41) is 9.74. The van der Waals surface area contributed by atoms with Gasteiger partial charge >= 0.3 is 6.30 Å². The van der Waals surface area contributed by atoms with Crippen molar-refractivity contribution in [1.29, 1.82) is 0 Å². The normalized spacial score (nSPS) is 20.5. The van der Waals surface area contributed by atoms with Gasteiger partial charge in [0.1, 0.15) is 16.7 Å². The Hall–Kier alpha value is -2.72. The number of hydrogen-bond donors (Lipinski definition) is 1. The quantitative estimate of drug-likeness (QED) is 0.553. The summed E-state index contributed by atoms with van der Waals surface area (Å²) in [4.78, 5) is 0.423. The maximum absolute atomic E-state index is 13.2. The van der Waals surface area contributed by atoms with Gasteiger partial charge in [-0.3, -0.25) is 0 Å². The number of methoxy groups -OCH3 is 1. The van der Waals surface area contributed by atoms with Crippen LogP contribution in [0.1, 0.15) is 43.7 Å². The third-order valence-electron chi connectivity index (χ3n) is 5.90. The van der Waals surface area contributed by atoms with Crippen molar-refractivity contribution < 1.29 is 22.7 Å². The predicted octanol–water partition coefficient (Wildman–Crippen LogP) is 3.95. The number of halogens is 4. The van der Waals surface area contributed by atoms with E-state index in [4.69, 9.17) is 10.5 Å². The smallest absolute Gasteiger partial charge is 0.496 e. The van der Waals surface area contributed by atoms with Crippen LogP contribution >= 0.6 is 12.4 Å². The van der Waals surface area contributed by atoms with Crippen molar-refractivity contribution in [2.24, 2.45) is 11.7 Å². The highest BCUT2D eigenvalue weighted by atomic mass is 35.5. The number of rotatable bonds is 5. The van der Waals surface area contributed by atoms with Gasteiger partial charge in [-0.05, 0) is 54.5 Å². The molecule has 0 spiro atoms. The second-order valence-electron chi connectivity index (χ2n) is 7.81. The molecule has 2 aromatic carbocycles. The summed E-state index contributed by atoms with van der Waals surface area (Å²) in [7, 11) is 1.55. The third-order valence-corrected chi connectivity index (χ3v) is 5.90. The number of hydrogen-bond acceptors (Lipinski definition) is 5. The zero-order chi connectivity index (χ0) is 22.0. The molecule has 7 nitrogen and oxygen atoms in total. The minimum Gasteiger partial charge on any atom is -0.496 e. The fourth-order valence-corrected chi connectivity index (χ4v) is 4.57. The third kappa shape index (κ3) is 5.62. The van der Waals surface area contributed by atoms with Gasteiger partial charge in [-0.1, -0.05) is 44.2 Å². The van der Waals surface area contributed by atoms with Crippen LogP contribution in [-0.2, 0) is 12.7 Å². The molecule has 1 saturated carbocycles. The maximum Gasteiger partial charge on any atom is 0.580 e. The average molecular weight is 486 g/mol. The summed E-state index contributed by atoms with van der Waals surface area (Å²) in [5.41, 5.74) is 8.69. The molecule has 1 unspecified atom stereocenters.